The maximum Gasteiger partial charge on any atom is 0.186 e. The van der Waals surface area contributed by atoms with Crippen LogP contribution in [0.3, 0.4) is 0 Å². The molecule has 0 saturated carbocycles. The fraction of sp³-hybridized carbons (Fsp3) is 0.429. The Morgan fingerprint density at radius 3 is 2.86 bits per heavy atom. The molecule has 2 saturated heterocycles. The maximum absolute atomic E-state index is 13.6. The van der Waals surface area contributed by atoms with E-state index in [1.54, 1.807) is 0 Å². The lowest BCUT2D eigenvalue weighted by atomic mass is 9.85. The van der Waals surface area contributed by atoms with Crippen LogP contribution in [0, 0.1) is 17.6 Å². The number of piperidine rings is 1. The van der Waals surface area contributed by atoms with Crippen LogP contribution in [-0.2, 0) is 0 Å². The van der Waals surface area contributed by atoms with Crippen molar-refractivity contribution in [1.82, 2.24) is 15.3 Å². The lowest BCUT2D eigenvalue weighted by molar-refractivity contribution is 0.196. The molecule has 2 fully saturated rings. The van der Waals surface area contributed by atoms with Gasteiger partial charge in [-0.2, -0.15) is 0 Å². The number of hydrogen-bond acceptors (Lipinski definition) is 4. The first kappa shape index (κ1) is 14.4. The van der Waals surface area contributed by atoms with Crippen LogP contribution in [0.25, 0.3) is 11.0 Å². The number of fused-ring (bicyclic) bond motifs is 2. The summed E-state index contributed by atoms with van der Waals surface area (Å²) >= 11 is 0. The van der Waals surface area contributed by atoms with E-state index in [4.69, 9.17) is 0 Å². The second kappa shape index (κ2) is 5.35. The van der Waals surface area contributed by atoms with E-state index in [1.807, 2.05) is 0 Å². The van der Waals surface area contributed by atoms with Crippen molar-refractivity contribution in [2.45, 2.75) is 12.5 Å². The number of nitrogens with zero attached hydrogens (tertiary/aromatic N) is 3. The van der Waals surface area contributed by atoms with Crippen molar-refractivity contribution < 1.29 is 8.78 Å². The lowest BCUT2D eigenvalue weighted by Gasteiger charge is -2.46. The first-order chi connectivity index (χ1) is 9.72. The molecule has 0 bridgehead atoms. The van der Waals surface area contributed by atoms with Crippen LogP contribution in [0.15, 0.2) is 18.3 Å². The zero-order chi connectivity index (χ0) is 13.7. The second-order valence-electron chi connectivity index (χ2n) is 5.47. The number of anilines is 1. The normalized spacial score (nSPS) is 24.2. The van der Waals surface area contributed by atoms with Crippen LogP contribution in [0.2, 0.25) is 0 Å². The molecule has 0 spiro atoms. The van der Waals surface area contributed by atoms with Gasteiger partial charge in [0.1, 0.15) is 11.3 Å². The summed E-state index contributed by atoms with van der Waals surface area (Å²) in [4.78, 5) is 10.6. The standard InChI is InChI=1S/C14H14F2N4.ClH/c15-9-1-2-10-14(13(9)16)18-6-12(19-10)20-4-3-8-5-17-11(8)7-20;/h1-2,6,8,11,17H,3-5,7H2;1H. The van der Waals surface area contributed by atoms with Gasteiger partial charge in [-0.05, 0) is 31.0 Å². The molecule has 4 rings (SSSR count). The summed E-state index contributed by atoms with van der Waals surface area (Å²) in [5, 5.41) is 3.40. The first-order valence-corrected chi connectivity index (χ1v) is 6.81. The van der Waals surface area contributed by atoms with Crippen molar-refractivity contribution in [1.29, 1.82) is 0 Å². The van der Waals surface area contributed by atoms with Gasteiger partial charge in [-0.3, -0.25) is 0 Å². The summed E-state index contributed by atoms with van der Waals surface area (Å²) in [5.41, 5.74) is 0.385. The molecule has 7 heteroatoms. The van der Waals surface area contributed by atoms with Crippen molar-refractivity contribution in [3.05, 3.63) is 30.0 Å². The van der Waals surface area contributed by atoms with Crippen LogP contribution < -0.4 is 10.2 Å². The molecule has 1 aromatic heterocycles. The van der Waals surface area contributed by atoms with Crippen molar-refractivity contribution in [3.8, 4) is 0 Å². The molecule has 4 nitrogen and oxygen atoms in total. The summed E-state index contributed by atoms with van der Waals surface area (Å²) in [7, 11) is 0. The predicted octanol–water partition coefficient (Wildman–Crippen LogP) is 2.13. The summed E-state index contributed by atoms with van der Waals surface area (Å²) in [6.07, 6.45) is 2.67. The predicted molar refractivity (Wildman–Crippen MR) is 78.8 cm³/mol. The van der Waals surface area contributed by atoms with E-state index in [-0.39, 0.29) is 17.9 Å². The van der Waals surface area contributed by atoms with E-state index < -0.39 is 11.6 Å². The lowest BCUT2D eigenvalue weighted by Crippen LogP contribution is -2.62. The van der Waals surface area contributed by atoms with Crippen molar-refractivity contribution in [3.63, 3.8) is 0 Å². The zero-order valence-electron chi connectivity index (χ0n) is 11.2. The summed E-state index contributed by atoms with van der Waals surface area (Å²) < 4.78 is 26.7. The highest BCUT2D eigenvalue weighted by atomic mass is 35.5. The molecule has 0 amide bonds. The van der Waals surface area contributed by atoms with Crippen LogP contribution >= 0.6 is 12.4 Å². The molecule has 2 atom stereocenters. The van der Waals surface area contributed by atoms with E-state index in [0.29, 0.717) is 11.6 Å². The van der Waals surface area contributed by atoms with Gasteiger partial charge in [0, 0.05) is 19.1 Å². The Hall–Kier alpha value is -1.53. The van der Waals surface area contributed by atoms with Crippen LogP contribution in [-0.4, -0.2) is 35.6 Å². The van der Waals surface area contributed by atoms with Gasteiger partial charge < -0.3 is 10.2 Å². The van der Waals surface area contributed by atoms with Gasteiger partial charge in [0.2, 0.25) is 0 Å². The van der Waals surface area contributed by atoms with Crippen molar-refractivity contribution >= 4 is 29.3 Å². The van der Waals surface area contributed by atoms with E-state index in [2.05, 4.69) is 20.2 Å². The molecule has 2 aliphatic heterocycles. The topological polar surface area (TPSA) is 41.1 Å². The SMILES string of the molecule is Cl.Fc1ccc2nc(N3CCC4CNC4C3)cnc2c1F. The van der Waals surface area contributed by atoms with E-state index in [0.717, 1.165) is 43.9 Å². The third kappa shape index (κ3) is 2.32. The fourth-order valence-corrected chi connectivity index (χ4v) is 3.00. The Kier molecular flexibility index (Phi) is 3.67. The molecular formula is C14H15ClF2N4. The number of benzene rings is 1. The highest BCUT2D eigenvalue weighted by Crippen LogP contribution is 2.27. The highest BCUT2D eigenvalue weighted by molar-refractivity contribution is 5.85. The molecule has 0 aliphatic carbocycles. The number of aromatic nitrogens is 2. The molecule has 2 aliphatic rings. The largest absolute Gasteiger partial charge is 0.354 e. The van der Waals surface area contributed by atoms with Crippen molar-refractivity contribution in [2.24, 2.45) is 5.92 Å². The average Bonchev–Trinajstić information content (AvgIpc) is 2.44. The van der Waals surface area contributed by atoms with Gasteiger partial charge in [0.25, 0.3) is 0 Å². The molecule has 21 heavy (non-hydrogen) atoms. The Balaban J connectivity index is 0.00000132. The third-order valence-corrected chi connectivity index (χ3v) is 4.31. The van der Waals surface area contributed by atoms with Crippen molar-refractivity contribution in [2.75, 3.05) is 24.5 Å². The van der Waals surface area contributed by atoms with Gasteiger partial charge in [-0.1, -0.05) is 0 Å². The minimum absolute atomic E-state index is 0. The van der Waals surface area contributed by atoms with Gasteiger partial charge >= 0.3 is 0 Å². The minimum Gasteiger partial charge on any atom is -0.354 e. The Bertz CT molecular complexity index is 681. The number of hydrogen-bond donors (Lipinski definition) is 1. The van der Waals surface area contributed by atoms with Crippen LogP contribution in [0.4, 0.5) is 14.6 Å². The second-order valence-corrected chi connectivity index (χ2v) is 5.47. The Morgan fingerprint density at radius 1 is 1.29 bits per heavy atom. The quantitative estimate of drug-likeness (QED) is 0.876. The van der Waals surface area contributed by atoms with E-state index >= 15 is 0 Å². The number of rotatable bonds is 1. The van der Waals surface area contributed by atoms with Crippen LogP contribution in [0.5, 0.6) is 0 Å². The van der Waals surface area contributed by atoms with Gasteiger partial charge in [-0.15, -0.1) is 12.4 Å². The summed E-state index contributed by atoms with van der Waals surface area (Å²) in [5.74, 6) is -0.318. The first-order valence-electron chi connectivity index (χ1n) is 6.81. The average molecular weight is 313 g/mol. The molecule has 2 aromatic rings. The maximum atomic E-state index is 13.6. The van der Waals surface area contributed by atoms with Gasteiger partial charge in [0.15, 0.2) is 11.6 Å². The Morgan fingerprint density at radius 2 is 2.14 bits per heavy atom. The summed E-state index contributed by atoms with van der Waals surface area (Å²) in [6, 6.07) is 3.08. The van der Waals surface area contributed by atoms with Gasteiger partial charge in [-0.25, -0.2) is 18.7 Å². The fourth-order valence-electron chi connectivity index (χ4n) is 3.00. The van der Waals surface area contributed by atoms with E-state index in [9.17, 15) is 8.78 Å². The Labute approximate surface area is 127 Å². The molecule has 3 heterocycles. The molecule has 112 valence electrons. The molecule has 0 radical (unpaired) electrons. The highest BCUT2D eigenvalue weighted by Gasteiger charge is 2.35. The number of halogens is 3. The molecule has 1 N–H and O–H groups in total. The minimum atomic E-state index is -0.930. The van der Waals surface area contributed by atoms with Crippen LogP contribution in [0.1, 0.15) is 6.42 Å². The monoisotopic (exact) mass is 312 g/mol. The molecule has 1 aromatic carbocycles. The number of nitrogens with one attached hydrogen (secondary N) is 1. The summed E-state index contributed by atoms with van der Waals surface area (Å²) in [6.45, 7) is 2.94. The molecule has 2 unspecified atom stereocenters. The zero-order valence-corrected chi connectivity index (χ0v) is 12.0. The third-order valence-electron chi connectivity index (χ3n) is 4.31. The van der Waals surface area contributed by atoms with Gasteiger partial charge in [0.05, 0.1) is 11.7 Å². The molecular weight excluding hydrogens is 298 g/mol. The smallest absolute Gasteiger partial charge is 0.186 e. The van der Waals surface area contributed by atoms with E-state index in [1.165, 1.54) is 12.3 Å².